The molecule has 1 fully saturated rings. The van der Waals surface area contributed by atoms with E-state index in [0.717, 1.165) is 19.3 Å². The Morgan fingerprint density at radius 3 is 2.23 bits per heavy atom. The molecule has 1 saturated carbocycles. The highest BCUT2D eigenvalue weighted by Gasteiger charge is 2.42. The number of hydrogen-bond donors (Lipinski definition) is 2. The number of carbonyl (C=O) groups excluding carboxylic acids is 2. The van der Waals surface area contributed by atoms with E-state index in [1.54, 1.807) is 24.3 Å². The summed E-state index contributed by atoms with van der Waals surface area (Å²) in [6, 6.07) is 6.73. The van der Waals surface area contributed by atoms with E-state index in [2.05, 4.69) is 31.4 Å². The molecular formula is C20H26N2O4. The fourth-order valence-corrected chi connectivity index (χ4v) is 4.32. The summed E-state index contributed by atoms with van der Waals surface area (Å²) in [5, 5.41) is 6.05. The van der Waals surface area contributed by atoms with Crippen molar-refractivity contribution in [1.82, 2.24) is 10.6 Å². The van der Waals surface area contributed by atoms with Gasteiger partial charge >= 0.3 is 0 Å². The van der Waals surface area contributed by atoms with Crippen LogP contribution in [0.4, 0.5) is 0 Å². The fourth-order valence-electron chi connectivity index (χ4n) is 4.32. The van der Waals surface area contributed by atoms with Crippen LogP contribution in [0.15, 0.2) is 45.6 Å². The zero-order valence-electron chi connectivity index (χ0n) is 15.5. The average molecular weight is 358 g/mol. The molecule has 2 amide bonds. The van der Waals surface area contributed by atoms with Crippen LogP contribution in [-0.2, 0) is 0 Å². The predicted molar refractivity (Wildman–Crippen MR) is 96.7 cm³/mol. The minimum Gasteiger partial charge on any atom is -0.459 e. The first kappa shape index (κ1) is 18.3. The van der Waals surface area contributed by atoms with Crippen molar-refractivity contribution in [1.29, 1.82) is 0 Å². The molecule has 0 bridgehead atoms. The lowest BCUT2D eigenvalue weighted by Crippen LogP contribution is -2.50. The lowest BCUT2D eigenvalue weighted by Gasteiger charge is -2.46. The van der Waals surface area contributed by atoms with Gasteiger partial charge in [0.25, 0.3) is 11.8 Å². The highest BCUT2D eigenvalue weighted by molar-refractivity contribution is 5.92. The van der Waals surface area contributed by atoms with E-state index in [0.29, 0.717) is 18.1 Å². The molecule has 2 heterocycles. The second-order valence-corrected chi connectivity index (χ2v) is 8.37. The van der Waals surface area contributed by atoms with Crippen molar-refractivity contribution in [3.05, 3.63) is 48.3 Å². The number of carbonyl (C=O) groups is 2. The quantitative estimate of drug-likeness (QED) is 0.855. The minimum absolute atomic E-state index is 0.0295. The van der Waals surface area contributed by atoms with Crippen LogP contribution in [0.3, 0.4) is 0 Å². The van der Waals surface area contributed by atoms with Crippen molar-refractivity contribution in [2.45, 2.75) is 46.1 Å². The van der Waals surface area contributed by atoms with Crippen LogP contribution in [0.2, 0.25) is 0 Å². The van der Waals surface area contributed by atoms with Crippen LogP contribution in [0, 0.1) is 10.8 Å². The summed E-state index contributed by atoms with van der Waals surface area (Å²) in [5.74, 6) is 0.225. The molecule has 2 aromatic heterocycles. The van der Waals surface area contributed by atoms with Crippen LogP contribution in [0.1, 0.15) is 61.1 Å². The lowest BCUT2D eigenvalue weighted by atomic mass is 9.62. The number of rotatable bonds is 5. The van der Waals surface area contributed by atoms with Crippen molar-refractivity contribution in [3.8, 4) is 0 Å². The summed E-state index contributed by atoms with van der Waals surface area (Å²) in [6.45, 7) is 7.08. The molecule has 140 valence electrons. The van der Waals surface area contributed by atoms with E-state index in [4.69, 9.17) is 8.83 Å². The van der Waals surface area contributed by atoms with Crippen molar-refractivity contribution in [2.24, 2.45) is 10.8 Å². The highest BCUT2D eigenvalue weighted by atomic mass is 16.3. The summed E-state index contributed by atoms with van der Waals surface area (Å²) in [6.07, 6.45) is 5.63. The van der Waals surface area contributed by atoms with E-state index >= 15 is 0 Å². The monoisotopic (exact) mass is 358 g/mol. The molecule has 0 radical (unpaired) electrons. The molecule has 0 aliphatic heterocycles. The molecule has 1 aliphatic carbocycles. The van der Waals surface area contributed by atoms with Crippen molar-refractivity contribution in [2.75, 3.05) is 6.54 Å². The van der Waals surface area contributed by atoms with Gasteiger partial charge in [0.15, 0.2) is 11.5 Å². The summed E-state index contributed by atoms with van der Waals surface area (Å²) < 4.78 is 10.3. The first-order chi connectivity index (χ1) is 12.3. The van der Waals surface area contributed by atoms with Crippen LogP contribution >= 0.6 is 0 Å². The molecule has 2 aromatic rings. The van der Waals surface area contributed by atoms with Gasteiger partial charge in [0.05, 0.1) is 12.5 Å². The number of amides is 2. The molecule has 6 nitrogen and oxygen atoms in total. The Labute approximate surface area is 153 Å². The predicted octanol–water partition coefficient (Wildman–Crippen LogP) is 3.62. The second kappa shape index (κ2) is 7.02. The fraction of sp³-hybridized carbons (Fsp3) is 0.500. The van der Waals surface area contributed by atoms with Crippen molar-refractivity contribution in [3.63, 3.8) is 0 Å². The van der Waals surface area contributed by atoms with Gasteiger partial charge in [-0.1, -0.05) is 20.8 Å². The second-order valence-electron chi connectivity index (χ2n) is 8.37. The Kier molecular flexibility index (Phi) is 4.94. The molecule has 3 rings (SSSR count). The zero-order valence-corrected chi connectivity index (χ0v) is 15.5. The Morgan fingerprint density at radius 2 is 1.65 bits per heavy atom. The molecule has 2 atom stereocenters. The summed E-state index contributed by atoms with van der Waals surface area (Å²) >= 11 is 0. The standard InChI is InChI=1S/C20H26N2O4/c1-19(2)10-14(22-18(24)16-7-5-9-26-16)11-20(3,12-19)13-21-17(23)15-6-4-8-25-15/h4-9,14H,10-13H2,1-3H3,(H,21,23)(H,22,24)/t14-,20-/m0/s1. The van der Waals surface area contributed by atoms with E-state index in [-0.39, 0.29) is 28.7 Å². The van der Waals surface area contributed by atoms with Gasteiger partial charge in [-0.25, -0.2) is 0 Å². The zero-order chi connectivity index (χ0) is 18.8. The van der Waals surface area contributed by atoms with Crippen LogP contribution in [-0.4, -0.2) is 24.4 Å². The van der Waals surface area contributed by atoms with Crippen molar-refractivity contribution < 1.29 is 18.4 Å². The van der Waals surface area contributed by atoms with Gasteiger partial charge in [-0.15, -0.1) is 0 Å². The lowest BCUT2D eigenvalue weighted by molar-refractivity contribution is 0.0577. The van der Waals surface area contributed by atoms with Gasteiger partial charge in [-0.05, 0) is 54.4 Å². The minimum atomic E-state index is -0.212. The topological polar surface area (TPSA) is 84.5 Å². The molecule has 6 heteroatoms. The molecular weight excluding hydrogens is 332 g/mol. The molecule has 0 unspecified atom stereocenters. The van der Waals surface area contributed by atoms with E-state index in [1.807, 2.05) is 0 Å². The van der Waals surface area contributed by atoms with E-state index < -0.39 is 0 Å². The Bertz CT molecular complexity index is 749. The highest BCUT2D eigenvalue weighted by Crippen LogP contribution is 2.45. The number of hydrogen-bond acceptors (Lipinski definition) is 4. The van der Waals surface area contributed by atoms with Crippen LogP contribution < -0.4 is 10.6 Å². The molecule has 26 heavy (non-hydrogen) atoms. The van der Waals surface area contributed by atoms with E-state index in [9.17, 15) is 9.59 Å². The van der Waals surface area contributed by atoms with Gasteiger partial charge in [0.2, 0.25) is 0 Å². The van der Waals surface area contributed by atoms with Gasteiger partial charge in [0, 0.05) is 12.6 Å². The smallest absolute Gasteiger partial charge is 0.287 e. The Balaban J connectivity index is 1.64. The summed E-state index contributed by atoms with van der Waals surface area (Å²) in [5.41, 5.74) is -0.0609. The largest absolute Gasteiger partial charge is 0.459 e. The third-order valence-electron chi connectivity index (χ3n) is 4.94. The average Bonchev–Trinajstić information content (AvgIpc) is 3.23. The van der Waals surface area contributed by atoms with Gasteiger partial charge in [0.1, 0.15) is 0 Å². The molecule has 0 saturated heterocycles. The number of nitrogens with one attached hydrogen (secondary N) is 2. The maximum Gasteiger partial charge on any atom is 0.287 e. The maximum atomic E-state index is 12.3. The molecule has 0 spiro atoms. The maximum absolute atomic E-state index is 12.3. The molecule has 0 aromatic carbocycles. The summed E-state index contributed by atoms with van der Waals surface area (Å²) in [4.78, 5) is 24.5. The van der Waals surface area contributed by atoms with Crippen LogP contribution in [0.5, 0.6) is 0 Å². The summed E-state index contributed by atoms with van der Waals surface area (Å²) in [7, 11) is 0. The van der Waals surface area contributed by atoms with E-state index in [1.165, 1.54) is 12.5 Å². The van der Waals surface area contributed by atoms with Crippen molar-refractivity contribution >= 4 is 11.8 Å². The number of furan rings is 2. The van der Waals surface area contributed by atoms with Gasteiger partial charge < -0.3 is 19.5 Å². The molecule has 2 N–H and O–H groups in total. The first-order valence-electron chi connectivity index (χ1n) is 8.93. The third-order valence-corrected chi connectivity index (χ3v) is 4.94. The molecule has 1 aliphatic rings. The SMILES string of the molecule is CC1(C)C[C@H](NC(=O)c2ccco2)C[C@](C)(CNC(=O)c2ccco2)C1. The van der Waals surface area contributed by atoms with Gasteiger partial charge in [-0.2, -0.15) is 0 Å². The Hall–Kier alpha value is -2.50. The Morgan fingerprint density at radius 1 is 1.04 bits per heavy atom. The van der Waals surface area contributed by atoms with Gasteiger partial charge in [-0.3, -0.25) is 9.59 Å². The normalized spacial score (nSPS) is 24.8. The first-order valence-corrected chi connectivity index (χ1v) is 8.93. The third kappa shape index (κ3) is 4.36. The van der Waals surface area contributed by atoms with Crippen LogP contribution in [0.25, 0.3) is 0 Å².